The highest BCUT2D eigenvalue weighted by Crippen LogP contribution is 2.34. The van der Waals surface area contributed by atoms with E-state index < -0.39 is 11.6 Å². The Labute approximate surface area is 233 Å². The number of aromatic nitrogens is 5. The molecule has 4 aromatic rings. The molecule has 0 saturated carbocycles. The van der Waals surface area contributed by atoms with Gasteiger partial charge in [-0.05, 0) is 57.5 Å². The molecular weight excluding hydrogens is 522 g/mol. The number of aryl methyl sites for hydroxylation is 2. The maximum atomic E-state index is 15.1. The second-order valence-electron chi connectivity index (χ2n) is 10.1. The number of rotatable bonds is 7. The first-order valence-electron chi connectivity index (χ1n) is 13.1. The van der Waals surface area contributed by atoms with Gasteiger partial charge in [0.25, 0.3) is 0 Å². The lowest BCUT2D eigenvalue weighted by Gasteiger charge is -2.33. The van der Waals surface area contributed by atoms with Crippen LogP contribution in [0, 0.1) is 25.5 Å². The van der Waals surface area contributed by atoms with Crippen molar-refractivity contribution in [3.63, 3.8) is 0 Å². The van der Waals surface area contributed by atoms with E-state index in [2.05, 4.69) is 42.0 Å². The van der Waals surface area contributed by atoms with Gasteiger partial charge >= 0.3 is 0 Å². The summed E-state index contributed by atoms with van der Waals surface area (Å²) in [6.45, 7) is 16.1. The number of nitrogens with zero attached hydrogens (tertiary/aromatic N) is 7. The summed E-state index contributed by atoms with van der Waals surface area (Å²) in [5.41, 5.74) is 3.15. The lowest BCUT2D eigenvalue weighted by Crippen LogP contribution is -2.45. The number of likely N-dealkylation sites (N-methyl/N-ethyl adjacent to an activating group) is 1. The Kier molecular flexibility index (Phi) is 8.78. The predicted molar refractivity (Wildman–Crippen MR) is 153 cm³/mol. The van der Waals surface area contributed by atoms with Crippen LogP contribution in [0.25, 0.3) is 22.3 Å². The van der Waals surface area contributed by atoms with Gasteiger partial charge in [-0.3, -0.25) is 4.90 Å². The van der Waals surface area contributed by atoms with Crippen LogP contribution in [-0.2, 0) is 6.54 Å². The molecule has 1 fully saturated rings. The molecule has 0 radical (unpaired) electrons. The largest absolute Gasteiger partial charge is 0.325 e. The summed E-state index contributed by atoms with van der Waals surface area (Å²) in [6, 6.07) is 5.26. The first-order valence-corrected chi connectivity index (χ1v) is 13.1. The topological polar surface area (TPSA) is 75.0 Å². The normalized spacial score (nSPS) is 14.7. The number of pyridine rings is 1. The average Bonchev–Trinajstić information content (AvgIpc) is 3.27. The minimum atomic E-state index is -0.629. The van der Waals surface area contributed by atoms with Crippen molar-refractivity contribution in [3.8, 4) is 11.3 Å². The van der Waals surface area contributed by atoms with Gasteiger partial charge < -0.3 is 14.8 Å². The Balaban J connectivity index is 0.00000353. The average molecular weight is 557 g/mol. The Morgan fingerprint density at radius 2 is 1.67 bits per heavy atom. The summed E-state index contributed by atoms with van der Waals surface area (Å²) in [5, 5.41) is 3.06. The lowest BCUT2D eigenvalue weighted by molar-refractivity contribution is 0.132. The van der Waals surface area contributed by atoms with E-state index in [4.69, 9.17) is 0 Å². The summed E-state index contributed by atoms with van der Waals surface area (Å²) in [6.07, 6.45) is 2.93. The molecule has 39 heavy (non-hydrogen) atoms. The van der Waals surface area contributed by atoms with Gasteiger partial charge in [-0.15, -0.1) is 12.4 Å². The number of nitrogens with one attached hydrogen (secondary N) is 1. The van der Waals surface area contributed by atoms with Crippen molar-refractivity contribution in [3.05, 3.63) is 59.2 Å². The van der Waals surface area contributed by atoms with Gasteiger partial charge in [0, 0.05) is 50.5 Å². The van der Waals surface area contributed by atoms with Crippen molar-refractivity contribution in [1.29, 1.82) is 0 Å². The monoisotopic (exact) mass is 556 g/mol. The molecule has 0 aliphatic carbocycles. The van der Waals surface area contributed by atoms with Crippen molar-refractivity contribution in [2.75, 3.05) is 38.0 Å². The molecule has 1 aliphatic rings. The third-order valence-corrected chi connectivity index (χ3v) is 7.24. The summed E-state index contributed by atoms with van der Waals surface area (Å²) in [5.74, 6) is 0.303. The van der Waals surface area contributed by atoms with Crippen LogP contribution in [0.5, 0.6) is 0 Å². The highest BCUT2D eigenvalue weighted by Gasteiger charge is 2.22. The number of fused-ring (bicyclic) bond motifs is 1. The molecule has 0 bridgehead atoms. The van der Waals surface area contributed by atoms with Gasteiger partial charge in [0.2, 0.25) is 5.95 Å². The van der Waals surface area contributed by atoms with E-state index >= 15 is 4.39 Å². The minimum Gasteiger partial charge on any atom is -0.325 e. The van der Waals surface area contributed by atoms with Gasteiger partial charge in [0.05, 0.1) is 11.7 Å². The van der Waals surface area contributed by atoms with Crippen LogP contribution in [0.15, 0.2) is 30.6 Å². The lowest BCUT2D eigenvalue weighted by atomic mass is 10.0. The highest BCUT2D eigenvalue weighted by molar-refractivity contribution is 5.87. The molecule has 208 valence electrons. The molecular formula is C28H35ClF2N8. The maximum absolute atomic E-state index is 15.1. The van der Waals surface area contributed by atoms with E-state index in [0.29, 0.717) is 28.3 Å². The Morgan fingerprint density at radius 1 is 0.949 bits per heavy atom. The van der Waals surface area contributed by atoms with Crippen LogP contribution in [0.2, 0.25) is 0 Å². The molecule has 11 heteroatoms. The molecule has 0 amide bonds. The summed E-state index contributed by atoms with van der Waals surface area (Å²) >= 11 is 0. The van der Waals surface area contributed by atoms with Crippen LogP contribution in [0.4, 0.5) is 20.5 Å². The number of benzene rings is 1. The van der Waals surface area contributed by atoms with E-state index in [1.807, 2.05) is 50.6 Å². The SMILES string of the molecule is CCN1CCN(Cc2ccc(Nc3ncc(F)c(-c4cc(F)c5nc(C)n(C(C)C)c5c4C)n3)nc2)CC1.Cl. The van der Waals surface area contributed by atoms with E-state index in [1.54, 1.807) is 0 Å². The van der Waals surface area contributed by atoms with Gasteiger partial charge in [0.1, 0.15) is 22.9 Å². The second kappa shape index (κ2) is 11.9. The maximum Gasteiger partial charge on any atom is 0.229 e. The zero-order chi connectivity index (χ0) is 27.0. The smallest absolute Gasteiger partial charge is 0.229 e. The number of piperazine rings is 1. The van der Waals surface area contributed by atoms with E-state index in [-0.39, 0.29) is 35.6 Å². The molecule has 1 N–H and O–H groups in total. The van der Waals surface area contributed by atoms with Crippen molar-refractivity contribution in [2.24, 2.45) is 0 Å². The molecule has 0 atom stereocenters. The van der Waals surface area contributed by atoms with E-state index in [0.717, 1.165) is 51.0 Å². The molecule has 1 aliphatic heterocycles. The third-order valence-electron chi connectivity index (χ3n) is 7.24. The van der Waals surface area contributed by atoms with Gasteiger partial charge in [-0.1, -0.05) is 13.0 Å². The van der Waals surface area contributed by atoms with Gasteiger partial charge in [0.15, 0.2) is 11.6 Å². The van der Waals surface area contributed by atoms with Crippen molar-refractivity contribution in [2.45, 2.75) is 47.2 Å². The molecule has 1 saturated heterocycles. The quantitative estimate of drug-likeness (QED) is 0.314. The number of imidazole rings is 1. The van der Waals surface area contributed by atoms with Crippen molar-refractivity contribution in [1.82, 2.24) is 34.3 Å². The van der Waals surface area contributed by atoms with Crippen LogP contribution in [-0.4, -0.2) is 67.0 Å². The van der Waals surface area contributed by atoms with Crippen LogP contribution in [0.1, 0.15) is 43.8 Å². The summed E-state index contributed by atoms with van der Waals surface area (Å²) in [4.78, 5) is 22.3. The Morgan fingerprint density at radius 3 is 2.31 bits per heavy atom. The van der Waals surface area contributed by atoms with Crippen molar-refractivity contribution >= 4 is 35.2 Å². The number of hydrogen-bond acceptors (Lipinski definition) is 7. The van der Waals surface area contributed by atoms with Gasteiger partial charge in [-0.25, -0.2) is 28.7 Å². The first kappa shape index (κ1) is 28.8. The van der Waals surface area contributed by atoms with Crippen LogP contribution < -0.4 is 5.32 Å². The number of anilines is 2. The van der Waals surface area contributed by atoms with Crippen LogP contribution in [0.3, 0.4) is 0 Å². The molecule has 0 spiro atoms. The molecule has 1 aromatic carbocycles. The van der Waals surface area contributed by atoms with E-state index in [1.165, 1.54) is 6.07 Å². The molecule has 5 rings (SSSR count). The number of hydrogen-bond donors (Lipinski definition) is 1. The number of halogens is 3. The molecule has 8 nitrogen and oxygen atoms in total. The minimum absolute atomic E-state index is 0. The predicted octanol–water partition coefficient (Wildman–Crippen LogP) is 5.67. The molecule has 0 unspecified atom stereocenters. The van der Waals surface area contributed by atoms with E-state index in [9.17, 15) is 4.39 Å². The summed E-state index contributed by atoms with van der Waals surface area (Å²) < 4.78 is 32.1. The zero-order valence-electron chi connectivity index (χ0n) is 23.0. The standard InChI is InChI=1S/C28H34F2N8.ClH/c1-6-36-9-11-37(12-10-36)16-20-7-8-24(31-14-20)34-28-32-15-23(30)25(35-28)21-13-22(29)26-27(18(21)4)38(17(2)3)19(5)33-26;/h7-8,13-15,17H,6,9-12,16H2,1-5H3,(H,31,32,34,35);1H. The second-order valence-corrected chi connectivity index (χ2v) is 10.1. The Bertz CT molecular complexity index is 1450. The third kappa shape index (κ3) is 5.88. The fourth-order valence-corrected chi connectivity index (χ4v) is 5.22. The molecule has 3 aromatic heterocycles. The highest BCUT2D eigenvalue weighted by atomic mass is 35.5. The fraction of sp³-hybridized carbons (Fsp3) is 0.429. The zero-order valence-corrected chi connectivity index (χ0v) is 23.8. The molecule has 4 heterocycles. The fourth-order valence-electron chi connectivity index (χ4n) is 5.22. The Hall–Kier alpha value is -3.21. The van der Waals surface area contributed by atoms with Gasteiger partial charge in [-0.2, -0.15) is 0 Å². The first-order chi connectivity index (χ1) is 18.2. The van der Waals surface area contributed by atoms with Crippen LogP contribution >= 0.6 is 12.4 Å². The van der Waals surface area contributed by atoms with Crippen molar-refractivity contribution < 1.29 is 8.78 Å². The summed E-state index contributed by atoms with van der Waals surface area (Å²) in [7, 11) is 0.